The van der Waals surface area contributed by atoms with Crippen LogP contribution in [0.4, 0.5) is 11.4 Å². The maximum absolute atomic E-state index is 12.4. The molecule has 0 N–H and O–H groups in total. The summed E-state index contributed by atoms with van der Waals surface area (Å²) in [5.41, 5.74) is 4.41. The Balaban J connectivity index is 1.67. The van der Waals surface area contributed by atoms with Gasteiger partial charge in [0.2, 0.25) is 5.91 Å². The third kappa shape index (κ3) is 4.87. The molecule has 3 aromatic rings. The van der Waals surface area contributed by atoms with Gasteiger partial charge in [0.1, 0.15) is 5.75 Å². The third-order valence-electron chi connectivity index (χ3n) is 4.95. The number of esters is 1. The standard InChI is InChI=1S/C25H26N2O3/c1-5-24(28)27(4)22-14-6-18(7-15-22)19-10-16-23(17-11-19)30-25(29)20-8-12-21(13-9-20)26(2)3/h6-17H,5H2,1-4H3. The van der Waals surface area contributed by atoms with E-state index in [1.165, 1.54) is 0 Å². The van der Waals surface area contributed by atoms with Crippen molar-refractivity contribution in [2.45, 2.75) is 13.3 Å². The van der Waals surface area contributed by atoms with Gasteiger partial charge in [-0.2, -0.15) is 0 Å². The lowest BCUT2D eigenvalue weighted by molar-refractivity contribution is -0.118. The summed E-state index contributed by atoms with van der Waals surface area (Å²) in [7, 11) is 5.68. The maximum atomic E-state index is 12.4. The van der Waals surface area contributed by atoms with Gasteiger partial charge in [0.05, 0.1) is 5.56 Å². The Hall–Kier alpha value is -3.60. The molecule has 3 aromatic carbocycles. The number of nitrogens with zero attached hydrogens (tertiary/aromatic N) is 2. The first-order valence-electron chi connectivity index (χ1n) is 9.85. The summed E-state index contributed by atoms with van der Waals surface area (Å²) in [6, 6.07) is 22.5. The molecular formula is C25H26N2O3. The quantitative estimate of drug-likeness (QED) is 0.429. The van der Waals surface area contributed by atoms with Gasteiger partial charge in [-0.05, 0) is 59.7 Å². The van der Waals surface area contributed by atoms with Crippen LogP contribution in [0.15, 0.2) is 72.8 Å². The molecule has 30 heavy (non-hydrogen) atoms. The minimum absolute atomic E-state index is 0.0743. The van der Waals surface area contributed by atoms with Crippen LogP contribution in [0.3, 0.4) is 0 Å². The molecule has 0 saturated heterocycles. The number of rotatable bonds is 6. The lowest BCUT2D eigenvalue weighted by atomic mass is 10.1. The number of hydrogen-bond donors (Lipinski definition) is 0. The third-order valence-corrected chi connectivity index (χ3v) is 4.95. The van der Waals surface area contributed by atoms with Gasteiger partial charge in [0.15, 0.2) is 0 Å². The summed E-state index contributed by atoms with van der Waals surface area (Å²) in [5, 5.41) is 0. The molecule has 0 aliphatic carbocycles. The molecule has 0 unspecified atom stereocenters. The number of benzene rings is 3. The molecule has 0 saturated carbocycles. The van der Waals surface area contributed by atoms with Crippen molar-refractivity contribution in [2.24, 2.45) is 0 Å². The molecule has 0 aliphatic rings. The highest BCUT2D eigenvalue weighted by atomic mass is 16.5. The van der Waals surface area contributed by atoms with E-state index in [4.69, 9.17) is 4.74 Å². The van der Waals surface area contributed by atoms with Crippen molar-refractivity contribution in [3.8, 4) is 16.9 Å². The normalized spacial score (nSPS) is 10.4. The Bertz CT molecular complexity index is 1010. The minimum Gasteiger partial charge on any atom is -0.423 e. The fourth-order valence-corrected chi connectivity index (χ4v) is 3.04. The average molecular weight is 402 g/mol. The Morgan fingerprint density at radius 3 is 1.73 bits per heavy atom. The van der Waals surface area contributed by atoms with Gasteiger partial charge in [0, 0.05) is 38.9 Å². The zero-order valence-corrected chi connectivity index (χ0v) is 17.8. The summed E-state index contributed by atoms with van der Waals surface area (Å²) in [5.74, 6) is 0.177. The SMILES string of the molecule is CCC(=O)N(C)c1ccc(-c2ccc(OC(=O)c3ccc(N(C)C)cc3)cc2)cc1. The Kier molecular flexibility index (Phi) is 6.52. The molecule has 0 spiro atoms. The van der Waals surface area contributed by atoms with Crippen molar-refractivity contribution in [3.05, 3.63) is 78.4 Å². The zero-order chi connectivity index (χ0) is 21.7. The van der Waals surface area contributed by atoms with Crippen molar-refractivity contribution in [3.63, 3.8) is 0 Å². The first-order valence-corrected chi connectivity index (χ1v) is 9.85. The van der Waals surface area contributed by atoms with Crippen LogP contribution in [-0.4, -0.2) is 33.0 Å². The second-order valence-corrected chi connectivity index (χ2v) is 7.21. The maximum Gasteiger partial charge on any atom is 0.343 e. The van der Waals surface area contributed by atoms with E-state index in [2.05, 4.69) is 0 Å². The Labute approximate surface area is 177 Å². The number of anilines is 2. The summed E-state index contributed by atoms with van der Waals surface area (Å²) >= 11 is 0. The van der Waals surface area contributed by atoms with Crippen molar-refractivity contribution in [1.29, 1.82) is 0 Å². The van der Waals surface area contributed by atoms with Crippen molar-refractivity contribution in [1.82, 2.24) is 0 Å². The second kappa shape index (κ2) is 9.27. The van der Waals surface area contributed by atoms with Crippen molar-refractivity contribution < 1.29 is 14.3 Å². The molecule has 0 aliphatic heterocycles. The van der Waals surface area contributed by atoms with Crippen LogP contribution in [0, 0.1) is 0 Å². The molecule has 0 heterocycles. The lowest BCUT2D eigenvalue weighted by Crippen LogP contribution is -2.24. The van der Waals surface area contributed by atoms with Crippen LogP contribution in [-0.2, 0) is 4.79 Å². The van der Waals surface area contributed by atoms with Gasteiger partial charge >= 0.3 is 5.97 Å². The van der Waals surface area contributed by atoms with Crippen molar-refractivity contribution >= 4 is 23.3 Å². The van der Waals surface area contributed by atoms with Gasteiger partial charge in [-0.25, -0.2) is 4.79 Å². The van der Waals surface area contributed by atoms with Gasteiger partial charge in [-0.15, -0.1) is 0 Å². The predicted octanol–water partition coefficient (Wildman–Crippen LogP) is 5.01. The van der Waals surface area contributed by atoms with Crippen LogP contribution in [0.1, 0.15) is 23.7 Å². The molecule has 3 rings (SSSR count). The van der Waals surface area contributed by atoms with Crippen LogP contribution < -0.4 is 14.5 Å². The summed E-state index contributed by atoms with van der Waals surface area (Å²) in [6.45, 7) is 1.85. The van der Waals surface area contributed by atoms with E-state index in [-0.39, 0.29) is 11.9 Å². The molecule has 0 bridgehead atoms. The Morgan fingerprint density at radius 1 is 0.733 bits per heavy atom. The topological polar surface area (TPSA) is 49.9 Å². The lowest BCUT2D eigenvalue weighted by Gasteiger charge is -2.16. The number of hydrogen-bond acceptors (Lipinski definition) is 4. The Morgan fingerprint density at radius 2 is 1.23 bits per heavy atom. The van der Waals surface area contributed by atoms with E-state index < -0.39 is 0 Å². The predicted molar refractivity (Wildman–Crippen MR) is 121 cm³/mol. The summed E-state index contributed by atoms with van der Waals surface area (Å²) in [4.78, 5) is 27.8. The van der Waals surface area contributed by atoms with E-state index in [0.29, 0.717) is 17.7 Å². The van der Waals surface area contributed by atoms with E-state index in [0.717, 1.165) is 22.5 Å². The van der Waals surface area contributed by atoms with E-state index >= 15 is 0 Å². The van der Waals surface area contributed by atoms with Crippen LogP contribution in [0.25, 0.3) is 11.1 Å². The molecule has 154 valence electrons. The van der Waals surface area contributed by atoms with Gasteiger partial charge in [-0.3, -0.25) is 4.79 Å². The summed E-state index contributed by atoms with van der Waals surface area (Å²) < 4.78 is 5.48. The molecule has 0 radical (unpaired) electrons. The first kappa shape index (κ1) is 21.1. The smallest absolute Gasteiger partial charge is 0.343 e. The molecule has 5 nitrogen and oxygen atoms in total. The molecule has 1 amide bonds. The van der Waals surface area contributed by atoms with Gasteiger partial charge < -0.3 is 14.5 Å². The summed E-state index contributed by atoms with van der Waals surface area (Å²) in [6.07, 6.45) is 0.470. The number of carbonyl (C=O) groups excluding carboxylic acids is 2. The van der Waals surface area contributed by atoms with Crippen LogP contribution in [0.5, 0.6) is 5.75 Å². The number of amides is 1. The molecular weight excluding hydrogens is 376 g/mol. The van der Waals surface area contributed by atoms with E-state index in [9.17, 15) is 9.59 Å². The molecule has 5 heteroatoms. The monoisotopic (exact) mass is 402 g/mol. The highest BCUT2D eigenvalue weighted by Crippen LogP contribution is 2.25. The first-order chi connectivity index (χ1) is 14.4. The zero-order valence-electron chi connectivity index (χ0n) is 17.8. The van der Waals surface area contributed by atoms with Crippen molar-refractivity contribution in [2.75, 3.05) is 30.9 Å². The largest absolute Gasteiger partial charge is 0.423 e. The van der Waals surface area contributed by atoms with Crippen LogP contribution in [0.2, 0.25) is 0 Å². The molecule has 0 fully saturated rings. The highest BCUT2D eigenvalue weighted by Gasteiger charge is 2.10. The second-order valence-electron chi connectivity index (χ2n) is 7.21. The highest BCUT2D eigenvalue weighted by molar-refractivity contribution is 5.93. The van der Waals surface area contributed by atoms with Gasteiger partial charge in [-0.1, -0.05) is 31.2 Å². The van der Waals surface area contributed by atoms with E-state index in [1.807, 2.05) is 74.4 Å². The number of carbonyl (C=O) groups is 2. The van der Waals surface area contributed by atoms with Gasteiger partial charge in [0.25, 0.3) is 0 Å². The minimum atomic E-state index is -0.388. The average Bonchev–Trinajstić information content (AvgIpc) is 2.78. The molecule has 0 aromatic heterocycles. The fraction of sp³-hybridized carbons (Fsp3) is 0.200. The molecule has 0 atom stereocenters. The van der Waals surface area contributed by atoms with Crippen LogP contribution >= 0.6 is 0 Å². The number of ether oxygens (including phenoxy) is 1. The van der Waals surface area contributed by atoms with E-state index in [1.54, 1.807) is 36.2 Å². The fourth-order valence-electron chi connectivity index (χ4n) is 3.04.